The van der Waals surface area contributed by atoms with E-state index in [9.17, 15) is 4.79 Å². The van der Waals surface area contributed by atoms with Gasteiger partial charge in [0.15, 0.2) is 5.78 Å². The molecule has 2 rings (SSSR count). The van der Waals surface area contributed by atoms with Gasteiger partial charge in [-0.3, -0.25) is 4.79 Å². The number of carbonyl (C=O) groups is 1. The normalized spacial score (nSPS) is 16.7. The summed E-state index contributed by atoms with van der Waals surface area (Å²) in [7, 11) is 0. The molecule has 0 unspecified atom stereocenters. The Morgan fingerprint density at radius 1 is 1.64 bits per heavy atom. The van der Waals surface area contributed by atoms with Crippen LogP contribution in [0.3, 0.4) is 0 Å². The Morgan fingerprint density at radius 2 is 2.36 bits per heavy atom. The smallest absolute Gasteiger partial charge is 0.164 e. The van der Waals surface area contributed by atoms with Crippen molar-refractivity contribution in [3.63, 3.8) is 0 Å². The molecule has 0 aliphatic heterocycles. The molecule has 0 atom stereocenters. The monoisotopic (exact) mass is 272 g/mol. The second-order valence-corrected chi connectivity index (χ2v) is 6.58. The van der Waals surface area contributed by atoms with Gasteiger partial charge in [0.05, 0.1) is 3.79 Å². The van der Waals surface area contributed by atoms with E-state index in [1.165, 1.54) is 19.3 Å². The van der Waals surface area contributed by atoms with Crippen LogP contribution in [0.15, 0.2) is 9.85 Å². The maximum absolute atomic E-state index is 11.9. The molecule has 1 aliphatic rings. The first-order chi connectivity index (χ1) is 6.66. The number of thiophene rings is 1. The number of hydrogen-bond acceptors (Lipinski definition) is 2. The predicted molar refractivity (Wildman–Crippen MR) is 63.0 cm³/mol. The lowest BCUT2D eigenvalue weighted by Crippen LogP contribution is -2.15. The van der Waals surface area contributed by atoms with E-state index in [1.807, 2.05) is 13.0 Å². The van der Waals surface area contributed by atoms with Crippen molar-refractivity contribution in [3.05, 3.63) is 20.3 Å². The lowest BCUT2D eigenvalue weighted by molar-refractivity contribution is 0.0936. The highest BCUT2D eigenvalue weighted by molar-refractivity contribution is 9.11. The highest BCUT2D eigenvalue weighted by atomic mass is 79.9. The van der Waals surface area contributed by atoms with Crippen LogP contribution in [0.1, 0.15) is 40.9 Å². The lowest BCUT2D eigenvalue weighted by atomic mass is 9.81. The number of carbonyl (C=O) groups excluding carboxylic acids is 1. The summed E-state index contributed by atoms with van der Waals surface area (Å²) < 4.78 is 1.06. The summed E-state index contributed by atoms with van der Waals surface area (Å²) in [5.41, 5.74) is 0.925. The largest absolute Gasteiger partial charge is 0.294 e. The standard InChI is InChI=1S/C11H13BrOS/c1-7-9(6-11(12)14-7)10(13)5-8-3-2-4-8/h6,8H,2-5H2,1H3. The Morgan fingerprint density at radius 3 is 2.79 bits per heavy atom. The highest BCUT2D eigenvalue weighted by Crippen LogP contribution is 2.33. The van der Waals surface area contributed by atoms with E-state index in [1.54, 1.807) is 11.3 Å². The van der Waals surface area contributed by atoms with Crippen LogP contribution in [0.2, 0.25) is 0 Å². The first-order valence-electron chi connectivity index (χ1n) is 4.96. The van der Waals surface area contributed by atoms with Crippen LogP contribution in [-0.4, -0.2) is 5.78 Å². The molecule has 3 heteroatoms. The third kappa shape index (κ3) is 2.09. The van der Waals surface area contributed by atoms with E-state index in [2.05, 4.69) is 15.9 Å². The first-order valence-corrected chi connectivity index (χ1v) is 6.57. The summed E-state index contributed by atoms with van der Waals surface area (Å²) in [4.78, 5) is 13.0. The van der Waals surface area contributed by atoms with Crippen LogP contribution in [0.4, 0.5) is 0 Å². The minimum absolute atomic E-state index is 0.328. The van der Waals surface area contributed by atoms with Crippen LogP contribution in [0, 0.1) is 12.8 Å². The van der Waals surface area contributed by atoms with Crippen LogP contribution >= 0.6 is 27.3 Å². The summed E-state index contributed by atoms with van der Waals surface area (Å²) in [6.45, 7) is 2.02. The summed E-state index contributed by atoms with van der Waals surface area (Å²) >= 11 is 5.06. The van der Waals surface area contributed by atoms with Crippen LogP contribution in [0.25, 0.3) is 0 Å². The summed E-state index contributed by atoms with van der Waals surface area (Å²) in [5, 5.41) is 0. The minimum atomic E-state index is 0.328. The van der Waals surface area contributed by atoms with Gasteiger partial charge in [-0.15, -0.1) is 11.3 Å². The van der Waals surface area contributed by atoms with Crippen molar-refractivity contribution >= 4 is 33.0 Å². The zero-order valence-corrected chi connectivity index (χ0v) is 10.6. The Labute approximate surface area is 96.6 Å². The fourth-order valence-electron chi connectivity index (χ4n) is 1.79. The molecule has 0 aromatic carbocycles. The molecule has 1 nitrogen and oxygen atoms in total. The lowest BCUT2D eigenvalue weighted by Gasteiger charge is -2.24. The minimum Gasteiger partial charge on any atom is -0.294 e. The van der Waals surface area contributed by atoms with Crippen molar-refractivity contribution < 1.29 is 4.79 Å². The Hall–Kier alpha value is -0.150. The van der Waals surface area contributed by atoms with Crippen molar-refractivity contribution in [3.8, 4) is 0 Å². The Balaban J connectivity index is 2.06. The molecule has 0 saturated heterocycles. The van der Waals surface area contributed by atoms with Gasteiger partial charge in [-0.2, -0.15) is 0 Å². The topological polar surface area (TPSA) is 17.1 Å². The summed E-state index contributed by atoms with van der Waals surface area (Å²) in [6, 6.07) is 1.96. The SMILES string of the molecule is Cc1sc(Br)cc1C(=O)CC1CCC1. The summed E-state index contributed by atoms with van der Waals surface area (Å²) in [5.74, 6) is 0.995. The molecule has 1 aromatic heterocycles. The third-order valence-corrected chi connectivity index (χ3v) is 4.44. The quantitative estimate of drug-likeness (QED) is 0.754. The molecule has 1 aliphatic carbocycles. The van der Waals surface area contributed by atoms with Gasteiger partial charge in [-0.1, -0.05) is 19.3 Å². The first kappa shape index (κ1) is 10.4. The van der Waals surface area contributed by atoms with E-state index < -0.39 is 0 Å². The number of aryl methyl sites for hydroxylation is 1. The number of ketones is 1. The Bertz CT molecular complexity index is 352. The molecule has 14 heavy (non-hydrogen) atoms. The van der Waals surface area contributed by atoms with Crippen molar-refractivity contribution in [1.29, 1.82) is 0 Å². The van der Waals surface area contributed by atoms with Gasteiger partial charge < -0.3 is 0 Å². The molecular formula is C11H13BrOS. The number of Topliss-reactive ketones (excluding diaryl/α,β-unsaturated/α-hetero) is 1. The van der Waals surface area contributed by atoms with Gasteiger partial charge in [0.25, 0.3) is 0 Å². The van der Waals surface area contributed by atoms with Gasteiger partial charge in [0, 0.05) is 16.9 Å². The molecule has 0 radical (unpaired) electrons. The molecule has 1 aromatic rings. The zero-order valence-electron chi connectivity index (χ0n) is 8.18. The van der Waals surface area contributed by atoms with Gasteiger partial charge >= 0.3 is 0 Å². The second-order valence-electron chi connectivity index (χ2n) is 3.94. The van der Waals surface area contributed by atoms with Crippen molar-refractivity contribution in [2.75, 3.05) is 0 Å². The van der Waals surface area contributed by atoms with E-state index in [0.717, 1.165) is 20.6 Å². The fraction of sp³-hybridized carbons (Fsp3) is 0.545. The van der Waals surface area contributed by atoms with Gasteiger partial charge in [0.1, 0.15) is 0 Å². The van der Waals surface area contributed by atoms with E-state index in [0.29, 0.717) is 11.7 Å². The molecule has 1 fully saturated rings. The zero-order chi connectivity index (χ0) is 10.1. The maximum Gasteiger partial charge on any atom is 0.164 e. The van der Waals surface area contributed by atoms with Crippen LogP contribution in [0.5, 0.6) is 0 Å². The van der Waals surface area contributed by atoms with Crippen LogP contribution in [-0.2, 0) is 0 Å². The Kier molecular flexibility index (Phi) is 3.07. The average molecular weight is 273 g/mol. The third-order valence-electron chi connectivity index (χ3n) is 2.89. The van der Waals surface area contributed by atoms with E-state index in [4.69, 9.17) is 0 Å². The second kappa shape index (κ2) is 4.15. The van der Waals surface area contributed by atoms with Crippen LogP contribution < -0.4 is 0 Å². The van der Waals surface area contributed by atoms with Crippen molar-refractivity contribution in [2.24, 2.45) is 5.92 Å². The molecule has 0 spiro atoms. The predicted octanol–water partition coefficient (Wildman–Crippen LogP) is 4.19. The number of rotatable bonds is 3. The van der Waals surface area contributed by atoms with E-state index in [-0.39, 0.29) is 0 Å². The maximum atomic E-state index is 11.9. The molecular weight excluding hydrogens is 260 g/mol. The van der Waals surface area contributed by atoms with Gasteiger partial charge in [0.2, 0.25) is 0 Å². The molecule has 1 heterocycles. The molecule has 76 valence electrons. The van der Waals surface area contributed by atoms with E-state index >= 15 is 0 Å². The van der Waals surface area contributed by atoms with Gasteiger partial charge in [-0.05, 0) is 34.8 Å². The molecule has 0 amide bonds. The summed E-state index contributed by atoms with van der Waals surface area (Å²) in [6.07, 6.45) is 4.56. The molecule has 0 bridgehead atoms. The number of hydrogen-bond donors (Lipinski definition) is 0. The average Bonchev–Trinajstić information content (AvgIpc) is 2.37. The highest BCUT2D eigenvalue weighted by Gasteiger charge is 2.22. The number of halogens is 1. The van der Waals surface area contributed by atoms with Gasteiger partial charge in [-0.25, -0.2) is 0 Å². The molecule has 0 N–H and O–H groups in total. The van der Waals surface area contributed by atoms with Crippen molar-refractivity contribution in [1.82, 2.24) is 0 Å². The van der Waals surface area contributed by atoms with Crippen molar-refractivity contribution in [2.45, 2.75) is 32.6 Å². The molecule has 1 saturated carbocycles. The fourth-order valence-corrected chi connectivity index (χ4v) is 3.50.